The predicted octanol–water partition coefficient (Wildman–Crippen LogP) is 2.01. The van der Waals surface area contributed by atoms with E-state index in [1.54, 1.807) is 4.57 Å². The number of carboxylic acids is 1. The van der Waals surface area contributed by atoms with E-state index in [2.05, 4.69) is 0 Å². The summed E-state index contributed by atoms with van der Waals surface area (Å²) in [6, 6.07) is 1.21. The molecule has 1 aromatic carbocycles. The Balaban J connectivity index is 0.00000231. The van der Waals surface area contributed by atoms with Crippen molar-refractivity contribution in [3.05, 3.63) is 33.9 Å². The number of carbonyl (C=O) groups is 1. The first-order chi connectivity index (χ1) is 14.5. The maximum absolute atomic E-state index is 15.5. The summed E-state index contributed by atoms with van der Waals surface area (Å²) in [7, 11) is 1.45. The van der Waals surface area contributed by atoms with Crippen molar-refractivity contribution in [3.8, 4) is 5.75 Å². The zero-order valence-corrected chi connectivity index (χ0v) is 17.9. The first-order valence-electron chi connectivity index (χ1n) is 10.2. The number of fused-ring (bicyclic) bond motifs is 2. The standard InChI is InChI=1S/C21H24FN3O5.ClH/c1-29-20-17-12(19(26)13(21(27)28)7-24(17)11-2-3-11)4-15(22)18(20)25-6-10(5-23)14-8-30-9-16(14)25;/h4,7,10-11,14,16H,2-3,5-6,8-9,23H2,1H3,(H,27,28);1H/t10-,14+,16+;/m0./s1. The van der Waals surface area contributed by atoms with Gasteiger partial charge in [-0.15, -0.1) is 12.4 Å². The van der Waals surface area contributed by atoms with Crippen LogP contribution < -0.4 is 20.8 Å². The van der Waals surface area contributed by atoms with Crippen LogP contribution >= 0.6 is 12.4 Å². The van der Waals surface area contributed by atoms with Gasteiger partial charge >= 0.3 is 5.97 Å². The number of aromatic nitrogens is 1. The molecule has 3 fully saturated rings. The minimum Gasteiger partial charge on any atom is -0.492 e. The van der Waals surface area contributed by atoms with Crippen LogP contribution in [0.5, 0.6) is 5.75 Å². The van der Waals surface area contributed by atoms with Gasteiger partial charge in [0.1, 0.15) is 11.3 Å². The number of aromatic carboxylic acids is 1. The van der Waals surface area contributed by atoms with Crippen LogP contribution in [0.15, 0.2) is 17.1 Å². The molecule has 3 heterocycles. The van der Waals surface area contributed by atoms with Crippen molar-refractivity contribution in [2.24, 2.45) is 17.6 Å². The second-order valence-corrected chi connectivity index (χ2v) is 8.37. The van der Waals surface area contributed by atoms with E-state index in [0.29, 0.717) is 37.5 Å². The molecule has 1 aromatic heterocycles. The number of nitrogens with zero attached hydrogens (tertiary/aromatic N) is 2. The molecule has 168 valence electrons. The number of carboxylic acid groups (broad SMARTS) is 1. The fourth-order valence-corrected chi connectivity index (χ4v) is 5.06. The van der Waals surface area contributed by atoms with Crippen LogP contribution in [0, 0.1) is 17.7 Å². The third kappa shape index (κ3) is 3.26. The summed E-state index contributed by atoms with van der Waals surface area (Å²) in [5, 5.41) is 9.48. The molecule has 3 aliphatic rings. The first kappa shape index (κ1) is 21.9. The van der Waals surface area contributed by atoms with Crippen LogP contribution in [-0.2, 0) is 4.74 Å². The number of ether oxygens (including phenoxy) is 2. The van der Waals surface area contributed by atoms with Gasteiger partial charge in [0.15, 0.2) is 11.6 Å². The van der Waals surface area contributed by atoms with Gasteiger partial charge in [0.25, 0.3) is 0 Å². The van der Waals surface area contributed by atoms with E-state index in [9.17, 15) is 14.7 Å². The predicted molar refractivity (Wildman–Crippen MR) is 115 cm³/mol. The summed E-state index contributed by atoms with van der Waals surface area (Å²) in [6.07, 6.45) is 3.10. The van der Waals surface area contributed by atoms with Crippen LogP contribution in [-0.4, -0.2) is 55.1 Å². The highest BCUT2D eigenvalue weighted by atomic mass is 35.5. The lowest BCUT2D eigenvalue weighted by atomic mass is 9.93. The molecule has 0 spiro atoms. The second kappa shape index (κ2) is 7.96. The van der Waals surface area contributed by atoms with E-state index in [1.807, 2.05) is 4.90 Å². The Morgan fingerprint density at radius 1 is 1.39 bits per heavy atom. The molecule has 0 unspecified atom stereocenters. The topological polar surface area (TPSA) is 107 Å². The number of methoxy groups -OCH3 is 1. The Bertz CT molecular complexity index is 1100. The van der Waals surface area contributed by atoms with Gasteiger partial charge in [0.2, 0.25) is 5.43 Å². The van der Waals surface area contributed by atoms with Crippen LogP contribution in [0.25, 0.3) is 10.9 Å². The molecule has 3 atom stereocenters. The molecule has 0 amide bonds. The lowest BCUT2D eigenvalue weighted by molar-refractivity contribution is 0.0694. The van der Waals surface area contributed by atoms with Crippen molar-refractivity contribution in [2.75, 3.05) is 38.3 Å². The summed E-state index contributed by atoms with van der Waals surface area (Å²) in [5.41, 5.74) is 5.62. The largest absolute Gasteiger partial charge is 0.492 e. The highest BCUT2D eigenvalue weighted by Gasteiger charge is 2.46. The molecule has 1 saturated carbocycles. The van der Waals surface area contributed by atoms with Crippen LogP contribution in [0.2, 0.25) is 0 Å². The average Bonchev–Trinajstić information content (AvgIpc) is 3.34. The Hall–Kier alpha value is -2.36. The van der Waals surface area contributed by atoms with E-state index in [4.69, 9.17) is 15.2 Å². The van der Waals surface area contributed by atoms with Gasteiger partial charge in [-0.1, -0.05) is 0 Å². The van der Waals surface area contributed by atoms with Crippen LogP contribution in [0.4, 0.5) is 10.1 Å². The van der Waals surface area contributed by atoms with Crippen molar-refractivity contribution in [3.63, 3.8) is 0 Å². The molecule has 10 heteroatoms. The van der Waals surface area contributed by atoms with Gasteiger partial charge in [-0.3, -0.25) is 4.79 Å². The molecule has 2 saturated heterocycles. The SMILES string of the molecule is COc1c(N2C[C@H](CN)[C@H]3COC[C@H]32)c(F)cc2c(=O)c(C(=O)O)cn(C3CC3)c12.Cl. The number of hydrogen-bond donors (Lipinski definition) is 2. The van der Waals surface area contributed by atoms with Crippen molar-refractivity contribution in [1.82, 2.24) is 4.57 Å². The normalized spacial score (nSPS) is 24.9. The second-order valence-electron chi connectivity index (χ2n) is 8.37. The van der Waals surface area contributed by atoms with Crippen molar-refractivity contribution < 1.29 is 23.8 Å². The number of pyridine rings is 1. The van der Waals surface area contributed by atoms with Crippen LogP contribution in [0.3, 0.4) is 0 Å². The number of nitrogens with two attached hydrogens (primary N) is 1. The number of anilines is 1. The molecular formula is C21H25ClFN3O5. The summed E-state index contributed by atoms with van der Waals surface area (Å²) < 4.78 is 28.6. The molecular weight excluding hydrogens is 429 g/mol. The minimum atomic E-state index is -1.32. The van der Waals surface area contributed by atoms with Gasteiger partial charge in [0, 0.05) is 24.7 Å². The summed E-state index contributed by atoms with van der Waals surface area (Å²) in [5.74, 6) is -1.28. The smallest absolute Gasteiger partial charge is 0.341 e. The fraction of sp³-hybridized carbons (Fsp3) is 0.524. The molecule has 2 aromatic rings. The Morgan fingerprint density at radius 3 is 2.74 bits per heavy atom. The third-order valence-electron chi connectivity index (χ3n) is 6.69. The van der Waals surface area contributed by atoms with E-state index >= 15 is 4.39 Å². The van der Waals surface area contributed by atoms with Gasteiger partial charge < -0.3 is 29.8 Å². The molecule has 8 nitrogen and oxygen atoms in total. The highest BCUT2D eigenvalue weighted by Crippen LogP contribution is 2.47. The molecule has 1 aliphatic carbocycles. The number of benzene rings is 1. The zero-order chi connectivity index (χ0) is 21.2. The van der Waals surface area contributed by atoms with Crippen LogP contribution in [0.1, 0.15) is 29.2 Å². The first-order valence-corrected chi connectivity index (χ1v) is 10.2. The Labute approximate surface area is 184 Å². The third-order valence-corrected chi connectivity index (χ3v) is 6.69. The number of rotatable bonds is 5. The maximum atomic E-state index is 15.5. The molecule has 31 heavy (non-hydrogen) atoms. The van der Waals surface area contributed by atoms with Crippen molar-refractivity contribution in [2.45, 2.75) is 24.9 Å². The summed E-state index contributed by atoms with van der Waals surface area (Å²) in [4.78, 5) is 26.4. The molecule has 2 aliphatic heterocycles. The zero-order valence-electron chi connectivity index (χ0n) is 17.0. The monoisotopic (exact) mass is 453 g/mol. The fourth-order valence-electron chi connectivity index (χ4n) is 5.06. The summed E-state index contributed by atoms with van der Waals surface area (Å²) in [6.45, 7) is 2.13. The molecule has 5 rings (SSSR count). The Kier molecular flexibility index (Phi) is 5.61. The summed E-state index contributed by atoms with van der Waals surface area (Å²) >= 11 is 0. The van der Waals surface area contributed by atoms with Gasteiger partial charge in [0.05, 0.1) is 37.3 Å². The quantitative estimate of drug-likeness (QED) is 0.713. The molecule has 3 N–H and O–H groups in total. The maximum Gasteiger partial charge on any atom is 0.341 e. The number of hydrogen-bond acceptors (Lipinski definition) is 6. The minimum absolute atomic E-state index is 0. The Morgan fingerprint density at radius 2 is 2.13 bits per heavy atom. The van der Waals surface area contributed by atoms with E-state index < -0.39 is 17.2 Å². The lowest BCUT2D eigenvalue weighted by Crippen LogP contribution is -2.34. The van der Waals surface area contributed by atoms with Gasteiger partial charge in [-0.25, -0.2) is 9.18 Å². The van der Waals surface area contributed by atoms with Crippen molar-refractivity contribution >= 4 is 35.0 Å². The van der Waals surface area contributed by atoms with E-state index in [1.165, 1.54) is 13.3 Å². The van der Waals surface area contributed by atoms with Gasteiger partial charge in [-0.05, 0) is 31.4 Å². The van der Waals surface area contributed by atoms with Crippen molar-refractivity contribution in [1.29, 1.82) is 0 Å². The van der Waals surface area contributed by atoms with E-state index in [-0.39, 0.29) is 53.0 Å². The molecule has 0 radical (unpaired) electrons. The number of halogens is 2. The van der Waals surface area contributed by atoms with Gasteiger partial charge in [-0.2, -0.15) is 0 Å². The highest BCUT2D eigenvalue weighted by molar-refractivity contribution is 5.97. The molecule has 0 bridgehead atoms. The lowest BCUT2D eigenvalue weighted by Gasteiger charge is -2.28. The van der Waals surface area contributed by atoms with E-state index in [0.717, 1.165) is 18.9 Å². The average molecular weight is 454 g/mol.